The van der Waals surface area contributed by atoms with Gasteiger partial charge in [-0.3, -0.25) is 0 Å². The van der Waals surface area contributed by atoms with Crippen molar-refractivity contribution in [2.75, 3.05) is 6.54 Å². The van der Waals surface area contributed by atoms with Crippen molar-refractivity contribution in [1.29, 1.82) is 0 Å². The fourth-order valence-corrected chi connectivity index (χ4v) is 3.54. The molecule has 0 spiro atoms. The molecule has 134 valence electrons. The number of hydrogen-bond acceptors (Lipinski definition) is 2. The minimum Gasteiger partial charge on any atom is -0.356 e. The van der Waals surface area contributed by atoms with Crippen molar-refractivity contribution in [2.24, 2.45) is 0 Å². The van der Waals surface area contributed by atoms with Gasteiger partial charge in [0.05, 0.1) is 0 Å². The van der Waals surface area contributed by atoms with Crippen molar-refractivity contribution in [3.63, 3.8) is 0 Å². The molecule has 2 heteroatoms. The third kappa shape index (κ3) is 6.22. The first-order valence-electron chi connectivity index (χ1n) is 10.1. The average Bonchev–Trinajstić information content (AvgIpc) is 2.98. The van der Waals surface area contributed by atoms with E-state index in [1.54, 1.807) is 0 Å². The Labute approximate surface area is 149 Å². The number of hydrogen-bond donors (Lipinski definition) is 0. The Morgan fingerprint density at radius 1 is 0.750 bits per heavy atom. The summed E-state index contributed by atoms with van der Waals surface area (Å²) in [6, 6.07) is 10.9. The Balaban J connectivity index is 1.87. The van der Waals surface area contributed by atoms with Crippen LogP contribution in [0.15, 0.2) is 42.7 Å². The van der Waals surface area contributed by atoms with Crippen molar-refractivity contribution in [2.45, 2.75) is 84.3 Å². The molecule has 2 nitrogen and oxygen atoms in total. The van der Waals surface area contributed by atoms with E-state index in [0.717, 1.165) is 6.54 Å². The van der Waals surface area contributed by atoms with Crippen LogP contribution in [0.2, 0.25) is 0 Å². The zero-order valence-corrected chi connectivity index (χ0v) is 15.8. The Bertz CT molecular complexity index is 454. The van der Waals surface area contributed by atoms with Crippen LogP contribution in [0.3, 0.4) is 0 Å². The maximum Gasteiger partial charge on any atom is 0.101 e. The van der Waals surface area contributed by atoms with E-state index in [1.165, 1.54) is 69.9 Å². The fourth-order valence-electron chi connectivity index (χ4n) is 3.54. The van der Waals surface area contributed by atoms with Crippen LogP contribution in [0.5, 0.6) is 0 Å². The zero-order chi connectivity index (χ0) is 17.0. The smallest absolute Gasteiger partial charge is 0.101 e. The maximum absolute atomic E-state index is 2.58. The molecule has 0 saturated heterocycles. The molecule has 24 heavy (non-hydrogen) atoms. The lowest BCUT2D eigenvalue weighted by Gasteiger charge is -2.33. The third-order valence-corrected chi connectivity index (χ3v) is 5.01. The summed E-state index contributed by atoms with van der Waals surface area (Å²) >= 11 is 0. The van der Waals surface area contributed by atoms with Crippen molar-refractivity contribution >= 4 is 0 Å². The summed E-state index contributed by atoms with van der Waals surface area (Å²) in [7, 11) is 0. The lowest BCUT2D eigenvalue weighted by Crippen LogP contribution is -2.38. The molecule has 0 bridgehead atoms. The molecular formula is C22H36N2. The van der Waals surface area contributed by atoms with Gasteiger partial charge in [0.25, 0.3) is 0 Å². The van der Waals surface area contributed by atoms with Gasteiger partial charge in [-0.1, -0.05) is 82.7 Å². The SMILES string of the molecule is CCCCCCCC1N(CCCCC)C=CN1Cc1ccccc1. The topological polar surface area (TPSA) is 6.48 Å². The van der Waals surface area contributed by atoms with E-state index in [2.05, 4.69) is 66.4 Å². The fraction of sp³-hybridized carbons (Fsp3) is 0.636. The van der Waals surface area contributed by atoms with Crippen LogP contribution in [0.4, 0.5) is 0 Å². The molecule has 0 radical (unpaired) electrons. The van der Waals surface area contributed by atoms with Crippen molar-refractivity contribution < 1.29 is 0 Å². The highest BCUT2D eigenvalue weighted by Gasteiger charge is 2.25. The first kappa shape index (κ1) is 18.9. The predicted octanol–water partition coefficient (Wildman–Crippen LogP) is 6.15. The summed E-state index contributed by atoms with van der Waals surface area (Å²) in [6.45, 7) is 6.81. The van der Waals surface area contributed by atoms with Gasteiger partial charge in [0.1, 0.15) is 6.17 Å². The summed E-state index contributed by atoms with van der Waals surface area (Å²) in [4.78, 5) is 5.12. The van der Waals surface area contributed by atoms with Gasteiger partial charge in [-0.15, -0.1) is 0 Å². The van der Waals surface area contributed by atoms with E-state index in [9.17, 15) is 0 Å². The first-order chi connectivity index (χ1) is 11.8. The Morgan fingerprint density at radius 3 is 2.17 bits per heavy atom. The number of benzene rings is 1. The molecule has 0 amide bonds. The summed E-state index contributed by atoms with van der Waals surface area (Å²) in [5, 5.41) is 0. The molecule has 2 rings (SSSR count). The van der Waals surface area contributed by atoms with Gasteiger partial charge in [-0.05, 0) is 24.8 Å². The molecule has 1 aliphatic rings. The quantitative estimate of drug-likeness (QED) is 0.424. The molecule has 1 unspecified atom stereocenters. The molecule has 1 atom stereocenters. The standard InChI is InChI=1S/C22H36N2/c1-3-5-7-8-12-16-22-23(17-13-6-4-2)18-19-24(22)20-21-14-10-9-11-15-21/h9-11,14-15,18-19,22H,3-8,12-13,16-17,20H2,1-2H3. The molecule has 1 heterocycles. The second-order valence-corrected chi connectivity index (χ2v) is 7.08. The first-order valence-corrected chi connectivity index (χ1v) is 10.1. The lowest BCUT2D eigenvalue weighted by molar-refractivity contribution is 0.132. The number of nitrogens with zero attached hydrogens (tertiary/aromatic N) is 2. The van der Waals surface area contributed by atoms with Gasteiger partial charge >= 0.3 is 0 Å². The molecule has 0 aromatic heterocycles. The second-order valence-electron chi connectivity index (χ2n) is 7.08. The Morgan fingerprint density at radius 2 is 1.42 bits per heavy atom. The van der Waals surface area contributed by atoms with Crippen LogP contribution < -0.4 is 0 Å². The Hall–Kier alpha value is -1.44. The van der Waals surface area contributed by atoms with Crippen LogP contribution in [-0.4, -0.2) is 22.5 Å². The number of unbranched alkanes of at least 4 members (excludes halogenated alkanes) is 6. The zero-order valence-electron chi connectivity index (χ0n) is 15.8. The predicted molar refractivity (Wildman–Crippen MR) is 105 cm³/mol. The van der Waals surface area contributed by atoms with Gasteiger partial charge in [-0.25, -0.2) is 0 Å². The molecule has 0 saturated carbocycles. The molecule has 0 fully saturated rings. The number of rotatable bonds is 12. The van der Waals surface area contributed by atoms with Crippen LogP contribution in [-0.2, 0) is 6.54 Å². The average molecular weight is 329 g/mol. The maximum atomic E-state index is 2.58. The van der Waals surface area contributed by atoms with E-state index in [4.69, 9.17) is 0 Å². The molecule has 0 N–H and O–H groups in total. The van der Waals surface area contributed by atoms with Crippen LogP contribution in [0, 0.1) is 0 Å². The minimum absolute atomic E-state index is 0.559. The molecular weight excluding hydrogens is 292 g/mol. The normalized spacial score (nSPS) is 17.0. The van der Waals surface area contributed by atoms with Crippen LogP contribution in [0.25, 0.3) is 0 Å². The highest BCUT2D eigenvalue weighted by atomic mass is 15.4. The minimum atomic E-state index is 0.559. The van der Waals surface area contributed by atoms with Crippen molar-refractivity contribution in [3.8, 4) is 0 Å². The Kier molecular flexibility index (Phi) is 8.80. The van der Waals surface area contributed by atoms with Gasteiger partial charge in [0, 0.05) is 25.5 Å². The third-order valence-electron chi connectivity index (χ3n) is 5.01. The van der Waals surface area contributed by atoms with Gasteiger partial charge in [-0.2, -0.15) is 0 Å². The van der Waals surface area contributed by atoms with E-state index in [1.807, 2.05) is 0 Å². The highest BCUT2D eigenvalue weighted by Crippen LogP contribution is 2.24. The van der Waals surface area contributed by atoms with Crippen LogP contribution in [0.1, 0.15) is 77.2 Å². The lowest BCUT2D eigenvalue weighted by atomic mass is 10.1. The largest absolute Gasteiger partial charge is 0.356 e. The summed E-state index contributed by atoms with van der Waals surface area (Å²) < 4.78 is 0. The second kappa shape index (κ2) is 11.2. The molecule has 0 aliphatic carbocycles. The van der Waals surface area contributed by atoms with E-state index < -0.39 is 0 Å². The molecule has 1 aromatic rings. The molecule has 1 aliphatic heterocycles. The van der Waals surface area contributed by atoms with Crippen LogP contribution >= 0.6 is 0 Å². The summed E-state index contributed by atoms with van der Waals surface area (Å²) in [5.74, 6) is 0. The van der Waals surface area contributed by atoms with Gasteiger partial charge in [0.2, 0.25) is 0 Å². The van der Waals surface area contributed by atoms with E-state index in [-0.39, 0.29) is 0 Å². The van der Waals surface area contributed by atoms with Gasteiger partial charge < -0.3 is 9.80 Å². The summed E-state index contributed by atoms with van der Waals surface area (Å²) in [6.07, 6.45) is 17.3. The molecule has 1 aromatic carbocycles. The monoisotopic (exact) mass is 328 g/mol. The van der Waals surface area contributed by atoms with E-state index >= 15 is 0 Å². The van der Waals surface area contributed by atoms with Crippen molar-refractivity contribution in [3.05, 3.63) is 48.3 Å². The summed E-state index contributed by atoms with van der Waals surface area (Å²) in [5.41, 5.74) is 1.41. The van der Waals surface area contributed by atoms with Crippen molar-refractivity contribution in [1.82, 2.24) is 9.80 Å². The van der Waals surface area contributed by atoms with Gasteiger partial charge in [0.15, 0.2) is 0 Å². The highest BCUT2D eigenvalue weighted by molar-refractivity contribution is 5.15. The van der Waals surface area contributed by atoms with E-state index in [0.29, 0.717) is 6.17 Å².